The maximum Gasteiger partial charge on any atom is 0.136 e. The van der Waals surface area contributed by atoms with Gasteiger partial charge >= 0.3 is 0 Å². The summed E-state index contributed by atoms with van der Waals surface area (Å²) in [6.07, 6.45) is 3.21. The Morgan fingerprint density at radius 3 is 3.00 bits per heavy atom. The summed E-state index contributed by atoms with van der Waals surface area (Å²) in [4.78, 5) is 18.1. The normalized spacial score (nSPS) is 9.64. The van der Waals surface area contributed by atoms with E-state index in [2.05, 4.69) is 9.97 Å². The summed E-state index contributed by atoms with van der Waals surface area (Å²) in [6, 6.07) is 0. The lowest BCUT2D eigenvalue weighted by Gasteiger charge is -1.96. The molecule has 11 heavy (non-hydrogen) atoms. The van der Waals surface area contributed by atoms with Gasteiger partial charge in [-0.25, -0.2) is 9.97 Å². The van der Waals surface area contributed by atoms with Crippen molar-refractivity contribution in [1.29, 1.82) is 0 Å². The highest BCUT2D eigenvalue weighted by molar-refractivity contribution is 6.30. The van der Waals surface area contributed by atoms with E-state index < -0.39 is 0 Å². The van der Waals surface area contributed by atoms with Crippen molar-refractivity contribution in [3.05, 3.63) is 23.2 Å². The molecule has 0 unspecified atom stereocenters. The van der Waals surface area contributed by atoms with Crippen LogP contribution in [0.25, 0.3) is 0 Å². The molecule has 0 N–H and O–H groups in total. The highest BCUT2D eigenvalue weighted by Crippen LogP contribution is 2.10. The molecule has 3 nitrogen and oxygen atoms in total. The minimum Gasteiger partial charge on any atom is -0.300 e. The average Bonchev–Trinajstić information content (AvgIpc) is 1.93. The first-order valence-electron chi connectivity index (χ1n) is 3.14. The third-order valence-electron chi connectivity index (χ3n) is 1.17. The highest BCUT2D eigenvalue weighted by Gasteiger charge is 2.02. The summed E-state index contributed by atoms with van der Waals surface area (Å²) >= 11 is 5.66. The van der Waals surface area contributed by atoms with E-state index in [0.717, 1.165) is 0 Å². The molecule has 0 aliphatic carbocycles. The molecule has 0 aliphatic rings. The standard InChI is InChI=1S/C7H7ClN2O/c1-5(11)2-6-3-9-4-10-7(6)8/h3-4H,2H2,1H3. The summed E-state index contributed by atoms with van der Waals surface area (Å²) in [5.41, 5.74) is 0.682. The molecule has 1 aromatic heterocycles. The number of carbonyl (C=O) groups excluding carboxylic acids is 1. The average molecular weight is 171 g/mol. The number of carbonyl (C=O) groups is 1. The number of rotatable bonds is 2. The van der Waals surface area contributed by atoms with Crippen LogP contribution in [0.15, 0.2) is 12.5 Å². The number of hydrogen-bond acceptors (Lipinski definition) is 3. The molecule has 1 rings (SSSR count). The number of aromatic nitrogens is 2. The Kier molecular flexibility index (Phi) is 2.54. The largest absolute Gasteiger partial charge is 0.300 e. The Labute approximate surface area is 69.4 Å². The van der Waals surface area contributed by atoms with Crippen molar-refractivity contribution < 1.29 is 4.79 Å². The van der Waals surface area contributed by atoms with Crippen molar-refractivity contribution in [2.75, 3.05) is 0 Å². The van der Waals surface area contributed by atoms with Gasteiger partial charge in [-0.1, -0.05) is 11.6 Å². The Balaban J connectivity index is 2.86. The summed E-state index contributed by atoms with van der Waals surface area (Å²) in [6.45, 7) is 1.50. The first-order chi connectivity index (χ1) is 5.20. The Morgan fingerprint density at radius 2 is 2.45 bits per heavy atom. The second kappa shape index (κ2) is 3.44. The highest BCUT2D eigenvalue weighted by atomic mass is 35.5. The molecule has 0 bridgehead atoms. The first kappa shape index (κ1) is 8.14. The zero-order chi connectivity index (χ0) is 8.27. The summed E-state index contributed by atoms with van der Waals surface area (Å²) in [5, 5.41) is 0.357. The Bertz CT molecular complexity index is 275. The van der Waals surface area contributed by atoms with Gasteiger partial charge in [0.05, 0.1) is 0 Å². The van der Waals surface area contributed by atoms with Gasteiger partial charge in [-0.3, -0.25) is 4.79 Å². The molecule has 0 saturated heterocycles. The predicted molar refractivity (Wildman–Crippen MR) is 41.4 cm³/mol. The van der Waals surface area contributed by atoms with Gasteiger partial charge in [0.2, 0.25) is 0 Å². The number of halogens is 1. The number of nitrogens with zero attached hydrogens (tertiary/aromatic N) is 2. The molecular formula is C7H7ClN2O. The van der Waals surface area contributed by atoms with Crippen LogP contribution in [-0.2, 0) is 11.2 Å². The third-order valence-corrected chi connectivity index (χ3v) is 1.51. The molecule has 0 aromatic carbocycles. The van der Waals surface area contributed by atoms with Crippen LogP contribution in [0.5, 0.6) is 0 Å². The second-order valence-corrected chi connectivity index (χ2v) is 2.58. The van der Waals surface area contributed by atoms with E-state index in [9.17, 15) is 4.79 Å². The number of hydrogen-bond donors (Lipinski definition) is 0. The molecule has 58 valence electrons. The van der Waals surface area contributed by atoms with Gasteiger partial charge in [0.1, 0.15) is 17.3 Å². The second-order valence-electron chi connectivity index (χ2n) is 2.22. The van der Waals surface area contributed by atoms with E-state index in [1.807, 2.05) is 0 Å². The molecule has 0 spiro atoms. The lowest BCUT2D eigenvalue weighted by Crippen LogP contribution is -1.98. The molecule has 0 saturated carbocycles. The van der Waals surface area contributed by atoms with Gasteiger partial charge in [0, 0.05) is 18.2 Å². The minimum absolute atomic E-state index is 0.0571. The fraction of sp³-hybridized carbons (Fsp3) is 0.286. The van der Waals surface area contributed by atoms with Crippen LogP contribution >= 0.6 is 11.6 Å². The summed E-state index contributed by atoms with van der Waals surface area (Å²) in [7, 11) is 0. The van der Waals surface area contributed by atoms with E-state index in [1.165, 1.54) is 13.3 Å². The van der Waals surface area contributed by atoms with Gasteiger partial charge in [-0.2, -0.15) is 0 Å². The smallest absolute Gasteiger partial charge is 0.136 e. The zero-order valence-electron chi connectivity index (χ0n) is 6.04. The van der Waals surface area contributed by atoms with Crippen molar-refractivity contribution in [1.82, 2.24) is 9.97 Å². The third kappa shape index (κ3) is 2.27. The van der Waals surface area contributed by atoms with Crippen molar-refractivity contribution >= 4 is 17.4 Å². The lowest BCUT2D eigenvalue weighted by atomic mass is 10.2. The molecule has 0 aliphatic heterocycles. The molecule has 0 radical (unpaired) electrons. The number of ketones is 1. The fourth-order valence-corrected chi connectivity index (χ4v) is 0.890. The Morgan fingerprint density at radius 1 is 1.73 bits per heavy atom. The van der Waals surface area contributed by atoms with E-state index in [1.54, 1.807) is 6.20 Å². The van der Waals surface area contributed by atoms with Crippen LogP contribution < -0.4 is 0 Å². The SMILES string of the molecule is CC(=O)Cc1cncnc1Cl. The molecule has 1 aromatic rings. The van der Waals surface area contributed by atoms with Crippen molar-refractivity contribution in [2.24, 2.45) is 0 Å². The zero-order valence-corrected chi connectivity index (χ0v) is 6.80. The minimum atomic E-state index is 0.0571. The molecule has 0 atom stereocenters. The van der Waals surface area contributed by atoms with Crippen LogP contribution in [0.4, 0.5) is 0 Å². The van der Waals surface area contributed by atoms with Gasteiger partial charge < -0.3 is 0 Å². The molecule has 0 amide bonds. The predicted octanol–water partition coefficient (Wildman–Crippen LogP) is 1.26. The van der Waals surface area contributed by atoms with Crippen molar-refractivity contribution in [3.63, 3.8) is 0 Å². The van der Waals surface area contributed by atoms with Gasteiger partial charge in [0.15, 0.2) is 0 Å². The fourth-order valence-electron chi connectivity index (χ4n) is 0.730. The van der Waals surface area contributed by atoms with Gasteiger partial charge in [0.25, 0.3) is 0 Å². The maximum atomic E-state index is 10.7. The van der Waals surface area contributed by atoms with Crippen molar-refractivity contribution in [3.8, 4) is 0 Å². The van der Waals surface area contributed by atoms with Crippen LogP contribution in [0, 0.1) is 0 Å². The van der Waals surface area contributed by atoms with Crippen LogP contribution in [0.1, 0.15) is 12.5 Å². The monoisotopic (exact) mass is 170 g/mol. The van der Waals surface area contributed by atoms with Crippen molar-refractivity contribution in [2.45, 2.75) is 13.3 Å². The lowest BCUT2D eigenvalue weighted by molar-refractivity contribution is -0.116. The number of Topliss-reactive ketones (excluding diaryl/α,β-unsaturated/α-hetero) is 1. The van der Waals surface area contributed by atoms with Crippen LogP contribution in [0.3, 0.4) is 0 Å². The summed E-state index contributed by atoms with van der Waals surface area (Å²) in [5.74, 6) is 0.0571. The molecule has 1 heterocycles. The van der Waals surface area contributed by atoms with E-state index >= 15 is 0 Å². The molecule has 0 fully saturated rings. The summed E-state index contributed by atoms with van der Waals surface area (Å²) < 4.78 is 0. The molecular weight excluding hydrogens is 164 g/mol. The quantitative estimate of drug-likeness (QED) is 0.628. The maximum absolute atomic E-state index is 10.7. The van der Waals surface area contributed by atoms with E-state index in [0.29, 0.717) is 17.1 Å². The topological polar surface area (TPSA) is 42.9 Å². The first-order valence-corrected chi connectivity index (χ1v) is 3.52. The van der Waals surface area contributed by atoms with Gasteiger partial charge in [-0.15, -0.1) is 0 Å². The van der Waals surface area contributed by atoms with E-state index in [4.69, 9.17) is 11.6 Å². The molecule has 4 heteroatoms. The van der Waals surface area contributed by atoms with E-state index in [-0.39, 0.29) is 5.78 Å². The Hall–Kier alpha value is -0.960. The van der Waals surface area contributed by atoms with Gasteiger partial charge in [-0.05, 0) is 6.92 Å². The van der Waals surface area contributed by atoms with Crippen LogP contribution in [0.2, 0.25) is 5.15 Å². The van der Waals surface area contributed by atoms with Crippen LogP contribution in [-0.4, -0.2) is 15.8 Å².